The molecule has 0 N–H and O–H groups in total. The van der Waals surface area contributed by atoms with Crippen LogP contribution in [0.25, 0.3) is 0 Å². The van der Waals surface area contributed by atoms with Crippen LogP contribution < -0.4 is 0 Å². The molecule has 0 amide bonds. The molecule has 0 aliphatic rings. The lowest BCUT2D eigenvalue weighted by molar-refractivity contribution is -0.118. The number of hydrogen-bond acceptors (Lipinski definition) is 4. The Morgan fingerprint density at radius 3 is 2.50 bits per heavy atom. The van der Waals surface area contributed by atoms with E-state index in [1.807, 2.05) is 11.9 Å². The summed E-state index contributed by atoms with van der Waals surface area (Å²) in [5.74, 6) is -0.151. The van der Waals surface area contributed by atoms with Gasteiger partial charge < -0.3 is 4.90 Å². The molecular weight excluding hydrogens is 180 g/mol. The standard InChI is InChI=1S/C10H20N2O2/c1-4-5-6-7-12(3)8-10(11-14)9(2)13/h10H,4-8H2,1-3H3. The van der Waals surface area contributed by atoms with Crippen LogP contribution in [0.1, 0.15) is 33.1 Å². The summed E-state index contributed by atoms with van der Waals surface area (Å²) < 4.78 is 0. The lowest BCUT2D eigenvalue weighted by Gasteiger charge is -2.17. The van der Waals surface area contributed by atoms with Crippen molar-refractivity contribution >= 4 is 5.78 Å². The summed E-state index contributed by atoms with van der Waals surface area (Å²) in [7, 11) is 1.91. The Hall–Kier alpha value is -0.770. The van der Waals surface area contributed by atoms with Crippen molar-refractivity contribution in [3.05, 3.63) is 4.91 Å². The lowest BCUT2D eigenvalue weighted by atomic mass is 10.2. The van der Waals surface area contributed by atoms with E-state index in [0.29, 0.717) is 6.54 Å². The van der Waals surface area contributed by atoms with Crippen molar-refractivity contribution in [2.45, 2.75) is 39.2 Å². The Morgan fingerprint density at radius 2 is 2.07 bits per heavy atom. The van der Waals surface area contributed by atoms with Crippen LogP contribution in [0.3, 0.4) is 0 Å². The molecule has 4 heteroatoms. The van der Waals surface area contributed by atoms with Gasteiger partial charge in [0.1, 0.15) is 0 Å². The Morgan fingerprint density at radius 1 is 1.43 bits per heavy atom. The van der Waals surface area contributed by atoms with Crippen molar-refractivity contribution in [1.82, 2.24) is 4.90 Å². The topological polar surface area (TPSA) is 49.7 Å². The average Bonchev–Trinajstić information content (AvgIpc) is 2.14. The van der Waals surface area contributed by atoms with Crippen LogP contribution in [0.5, 0.6) is 0 Å². The summed E-state index contributed by atoms with van der Waals surface area (Å²) in [5.41, 5.74) is 0. The molecule has 1 atom stereocenters. The minimum atomic E-state index is -0.693. The van der Waals surface area contributed by atoms with Gasteiger partial charge in [-0.05, 0) is 26.9 Å². The molecule has 0 spiro atoms. The average molecular weight is 200 g/mol. The first-order valence-corrected chi connectivity index (χ1v) is 5.13. The molecule has 0 heterocycles. The minimum absolute atomic E-state index is 0.151. The molecule has 0 saturated carbocycles. The number of Topliss-reactive ketones (excluding diaryl/α,β-unsaturated/α-hetero) is 1. The summed E-state index contributed by atoms with van der Waals surface area (Å²) >= 11 is 0. The number of carbonyl (C=O) groups excluding carboxylic acids is 1. The lowest BCUT2D eigenvalue weighted by Crippen LogP contribution is -2.32. The molecular formula is C10H20N2O2. The molecule has 0 aliphatic heterocycles. The third-order valence-corrected chi connectivity index (χ3v) is 2.22. The van der Waals surface area contributed by atoms with Gasteiger partial charge in [-0.3, -0.25) is 4.79 Å². The summed E-state index contributed by atoms with van der Waals surface area (Å²) in [6.45, 7) is 4.92. The third kappa shape index (κ3) is 5.80. The van der Waals surface area contributed by atoms with Crippen LogP contribution in [-0.4, -0.2) is 36.9 Å². The maximum Gasteiger partial charge on any atom is 0.162 e. The van der Waals surface area contributed by atoms with E-state index >= 15 is 0 Å². The molecule has 0 radical (unpaired) electrons. The van der Waals surface area contributed by atoms with Gasteiger partial charge >= 0.3 is 0 Å². The summed E-state index contributed by atoms with van der Waals surface area (Å²) in [6.07, 6.45) is 3.47. The predicted octanol–water partition coefficient (Wildman–Crippen LogP) is 1.83. The highest BCUT2D eigenvalue weighted by atomic mass is 16.3. The first-order valence-electron chi connectivity index (χ1n) is 5.13. The Kier molecular flexibility index (Phi) is 7.20. The normalized spacial score (nSPS) is 12.9. The van der Waals surface area contributed by atoms with Gasteiger partial charge in [0.2, 0.25) is 0 Å². The number of carbonyl (C=O) groups is 1. The van der Waals surface area contributed by atoms with Crippen LogP contribution in [0.15, 0.2) is 5.18 Å². The zero-order valence-corrected chi connectivity index (χ0v) is 9.32. The van der Waals surface area contributed by atoms with Crippen molar-refractivity contribution in [3.63, 3.8) is 0 Å². The highest BCUT2D eigenvalue weighted by Crippen LogP contribution is 2.00. The Labute approximate surface area is 85.6 Å². The predicted molar refractivity (Wildman–Crippen MR) is 57.3 cm³/mol. The first kappa shape index (κ1) is 13.2. The van der Waals surface area contributed by atoms with Gasteiger partial charge in [-0.2, -0.15) is 0 Å². The SMILES string of the molecule is CCCCCN(C)CC(N=O)C(C)=O. The highest BCUT2D eigenvalue weighted by Gasteiger charge is 2.16. The summed E-state index contributed by atoms with van der Waals surface area (Å²) in [4.78, 5) is 23.2. The molecule has 82 valence electrons. The second-order valence-corrected chi connectivity index (χ2v) is 3.70. The van der Waals surface area contributed by atoms with Gasteiger partial charge in [-0.25, -0.2) is 0 Å². The fourth-order valence-corrected chi connectivity index (χ4v) is 1.25. The van der Waals surface area contributed by atoms with E-state index in [2.05, 4.69) is 12.1 Å². The minimum Gasteiger partial charge on any atom is -0.304 e. The van der Waals surface area contributed by atoms with Crippen LogP contribution in [0.2, 0.25) is 0 Å². The molecule has 4 nitrogen and oxygen atoms in total. The zero-order chi connectivity index (χ0) is 11.0. The van der Waals surface area contributed by atoms with Crippen molar-refractivity contribution < 1.29 is 4.79 Å². The monoisotopic (exact) mass is 200 g/mol. The van der Waals surface area contributed by atoms with Gasteiger partial charge in [0.05, 0.1) is 0 Å². The maximum absolute atomic E-state index is 10.9. The second kappa shape index (κ2) is 7.62. The number of nitroso groups, excluding NO2 is 1. The zero-order valence-electron chi connectivity index (χ0n) is 9.32. The van der Waals surface area contributed by atoms with Crippen molar-refractivity contribution in [1.29, 1.82) is 0 Å². The van der Waals surface area contributed by atoms with E-state index in [1.54, 1.807) is 0 Å². The number of likely N-dealkylation sites (N-methyl/N-ethyl adjacent to an activating group) is 1. The van der Waals surface area contributed by atoms with Gasteiger partial charge in [0, 0.05) is 6.54 Å². The van der Waals surface area contributed by atoms with E-state index in [0.717, 1.165) is 13.0 Å². The van der Waals surface area contributed by atoms with Crippen molar-refractivity contribution in [2.75, 3.05) is 20.1 Å². The molecule has 0 aromatic heterocycles. The molecule has 14 heavy (non-hydrogen) atoms. The molecule has 0 fully saturated rings. The second-order valence-electron chi connectivity index (χ2n) is 3.70. The summed E-state index contributed by atoms with van der Waals surface area (Å²) in [5, 5.41) is 2.81. The number of unbranched alkanes of at least 4 members (excludes halogenated alkanes) is 2. The largest absolute Gasteiger partial charge is 0.304 e. The van der Waals surface area contributed by atoms with Gasteiger partial charge in [-0.1, -0.05) is 24.9 Å². The third-order valence-electron chi connectivity index (χ3n) is 2.22. The van der Waals surface area contributed by atoms with Gasteiger partial charge in [0.25, 0.3) is 0 Å². The molecule has 0 bridgehead atoms. The van der Waals surface area contributed by atoms with Gasteiger partial charge in [-0.15, -0.1) is 4.91 Å². The van der Waals surface area contributed by atoms with Crippen LogP contribution in [0.4, 0.5) is 0 Å². The number of ketones is 1. The molecule has 0 aliphatic carbocycles. The number of nitrogens with zero attached hydrogens (tertiary/aromatic N) is 2. The Balaban J connectivity index is 3.73. The van der Waals surface area contributed by atoms with Crippen molar-refractivity contribution in [3.8, 4) is 0 Å². The molecule has 0 aromatic carbocycles. The van der Waals surface area contributed by atoms with Crippen molar-refractivity contribution in [2.24, 2.45) is 5.18 Å². The summed E-state index contributed by atoms with van der Waals surface area (Å²) in [6, 6.07) is -0.693. The van der Waals surface area contributed by atoms with Gasteiger partial charge in [0.15, 0.2) is 11.8 Å². The van der Waals surface area contributed by atoms with E-state index in [1.165, 1.54) is 19.8 Å². The van der Waals surface area contributed by atoms with E-state index in [4.69, 9.17) is 0 Å². The van der Waals surface area contributed by atoms with Crippen LogP contribution >= 0.6 is 0 Å². The fraction of sp³-hybridized carbons (Fsp3) is 0.900. The van der Waals surface area contributed by atoms with Crippen LogP contribution in [0, 0.1) is 4.91 Å². The number of rotatable bonds is 8. The highest BCUT2D eigenvalue weighted by molar-refractivity contribution is 5.81. The number of hydrogen-bond donors (Lipinski definition) is 0. The van der Waals surface area contributed by atoms with Crippen LogP contribution in [-0.2, 0) is 4.79 Å². The van der Waals surface area contributed by atoms with E-state index in [9.17, 15) is 9.70 Å². The Bertz CT molecular complexity index is 183. The molecule has 0 aromatic rings. The fourth-order valence-electron chi connectivity index (χ4n) is 1.25. The smallest absolute Gasteiger partial charge is 0.162 e. The van der Waals surface area contributed by atoms with E-state index in [-0.39, 0.29) is 5.78 Å². The molecule has 0 saturated heterocycles. The quantitative estimate of drug-likeness (QED) is 0.443. The van der Waals surface area contributed by atoms with E-state index < -0.39 is 6.04 Å². The molecule has 0 rings (SSSR count). The first-order chi connectivity index (χ1) is 6.61. The molecule has 1 unspecified atom stereocenters. The maximum atomic E-state index is 10.9.